The predicted molar refractivity (Wildman–Crippen MR) is 82.5 cm³/mol. The number of nitrogens with one attached hydrogen (secondary N) is 2. The Kier molecular flexibility index (Phi) is 6.02. The molecule has 1 amide bonds. The zero-order valence-electron chi connectivity index (χ0n) is 12.5. The van der Waals surface area contributed by atoms with Crippen LogP contribution < -0.4 is 15.4 Å². The number of carbonyl (C=O) groups excluding carboxylic acids is 1. The molecule has 1 aromatic carbocycles. The normalized spacial score (nSPS) is 21.8. The van der Waals surface area contributed by atoms with Crippen LogP contribution in [0.3, 0.4) is 0 Å². The molecule has 5 nitrogen and oxygen atoms in total. The molecule has 1 fully saturated rings. The number of methoxy groups -OCH3 is 1. The summed E-state index contributed by atoms with van der Waals surface area (Å²) in [4.78, 5) is 11.9. The number of rotatable bonds is 6. The monoisotopic (exact) mass is 292 g/mol. The van der Waals surface area contributed by atoms with Crippen LogP contribution in [-0.4, -0.2) is 37.3 Å². The van der Waals surface area contributed by atoms with Crippen molar-refractivity contribution in [3.8, 4) is 5.75 Å². The van der Waals surface area contributed by atoms with Crippen molar-refractivity contribution in [3.05, 3.63) is 24.3 Å². The molecule has 0 radical (unpaired) electrons. The first-order valence-electron chi connectivity index (χ1n) is 7.51. The lowest BCUT2D eigenvalue weighted by Gasteiger charge is -2.27. The Balaban J connectivity index is 1.71. The number of aliphatic hydroxyl groups is 1. The van der Waals surface area contributed by atoms with Crippen LogP contribution in [0.5, 0.6) is 5.75 Å². The van der Waals surface area contributed by atoms with Crippen molar-refractivity contribution in [2.24, 2.45) is 5.92 Å². The third-order valence-electron chi connectivity index (χ3n) is 3.91. The SMILES string of the molecule is COc1cccc(NC(=O)CNCC2CCCCC2O)c1. The van der Waals surface area contributed by atoms with E-state index in [1.54, 1.807) is 13.2 Å². The predicted octanol–water partition coefficient (Wildman–Crippen LogP) is 1.77. The van der Waals surface area contributed by atoms with Gasteiger partial charge in [0.05, 0.1) is 19.8 Å². The van der Waals surface area contributed by atoms with E-state index in [1.165, 1.54) is 6.42 Å². The molecule has 21 heavy (non-hydrogen) atoms. The summed E-state index contributed by atoms with van der Waals surface area (Å²) in [5.41, 5.74) is 0.721. The Morgan fingerprint density at radius 2 is 2.19 bits per heavy atom. The summed E-state index contributed by atoms with van der Waals surface area (Å²) in [5.74, 6) is 0.892. The van der Waals surface area contributed by atoms with E-state index in [2.05, 4.69) is 10.6 Å². The average Bonchev–Trinajstić information content (AvgIpc) is 2.49. The Bertz CT molecular complexity index is 465. The van der Waals surface area contributed by atoms with Crippen LogP contribution >= 0.6 is 0 Å². The van der Waals surface area contributed by atoms with Crippen molar-refractivity contribution >= 4 is 11.6 Å². The number of carbonyl (C=O) groups is 1. The highest BCUT2D eigenvalue weighted by Crippen LogP contribution is 2.23. The van der Waals surface area contributed by atoms with Crippen LogP contribution in [0.25, 0.3) is 0 Å². The Morgan fingerprint density at radius 3 is 2.95 bits per heavy atom. The zero-order valence-corrected chi connectivity index (χ0v) is 12.5. The van der Waals surface area contributed by atoms with Crippen LogP contribution in [0, 0.1) is 5.92 Å². The summed E-state index contributed by atoms with van der Waals surface area (Å²) < 4.78 is 5.11. The summed E-state index contributed by atoms with van der Waals surface area (Å²) in [5, 5.41) is 15.8. The number of hydrogen-bond acceptors (Lipinski definition) is 4. The quantitative estimate of drug-likeness (QED) is 0.747. The van der Waals surface area contributed by atoms with Crippen LogP contribution in [0.2, 0.25) is 0 Å². The maximum atomic E-state index is 11.9. The fourth-order valence-corrected chi connectivity index (χ4v) is 2.70. The Morgan fingerprint density at radius 1 is 1.38 bits per heavy atom. The lowest BCUT2D eigenvalue weighted by molar-refractivity contribution is -0.115. The minimum absolute atomic E-state index is 0.0893. The summed E-state index contributed by atoms with van der Waals surface area (Å²) in [6.07, 6.45) is 3.95. The first-order chi connectivity index (χ1) is 10.2. The second-order valence-electron chi connectivity index (χ2n) is 5.52. The lowest BCUT2D eigenvalue weighted by Crippen LogP contribution is -2.37. The first-order valence-corrected chi connectivity index (χ1v) is 7.51. The molecule has 0 bridgehead atoms. The van der Waals surface area contributed by atoms with Gasteiger partial charge in [-0.2, -0.15) is 0 Å². The van der Waals surface area contributed by atoms with Gasteiger partial charge in [-0.3, -0.25) is 4.79 Å². The van der Waals surface area contributed by atoms with Crippen molar-refractivity contribution < 1.29 is 14.6 Å². The minimum Gasteiger partial charge on any atom is -0.497 e. The second-order valence-corrected chi connectivity index (χ2v) is 5.52. The van der Waals surface area contributed by atoms with Gasteiger partial charge in [-0.05, 0) is 30.9 Å². The highest BCUT2D eigenvalue weighted by molar-refractivity contribution is 5.92. The van der Waals surface area contributed by atoms with Gasteiger partial charge in [0.2, 0.25) is 5.91 Å². The summed E-state index contributed by atoms with van der Waals surface area (Å²) in [7, 11) is 1.60. The fraction of sp³-hybridized carbons (Fsp3) is 0.562. The van der Waals surface area contributed by atoms with Gasteiger partial charge in [-0.25, -0.2) is 0 Å². The van der Waals surface area contributed by atoms with Crippen molar-refractivity contribution in [2.45, 2.75) is 31.8 Å². The van der Waals surface area contributed by atoms with E-state index in [0.29, 0.717) is 12.3 Å². The number of benzene rings is 1. The van der Waals surface area contributed by atoms with Gasteiger partial charge in [-0.1, -0.05) is 18.9 Å². The molecule has 1 saturated carbocycles. The summed E-state index contributed by atoms with van der Waals surface area (Å²) in [6.45, 7) is 0.938. The maximum Gasteiger partial charge on any atom is 0.238 e. The van der Waals surface area contributed by atoms with Gasteiger partial charge in [0, 0.05) is 18.3 Å². The van der Waals surface area contributed by atoms with E-state index in [1.807, 2.05) is 18.2 Å². The first kappa shape index (κ1) is 15.8. The van der Waals surface area contributed by atoms with Crippen LogP contribution in [0.1, 0.15) is 25.7 Å². The fourth-order valence-electron chi connectivity index (χ4n) is 2.70. The lowest BCUT2D eigenvalue weighted by atomic mass is 9.86. The molecule has 3 N–H and O–H groups in total. The van der Waals surface area contributed by atoms with Crippen molar-refractivity contribution in [2.75, 3.05) is 25.5 Å². The van der Waals surface area contributed by atoms with Crippen LogP contribution in [-0.2, 0) is 4.79 Å². The molecule has 0 aliphatic heterocycles. The topological polar surface area (TPSA) is 70.6 Å². The summed E-state index contributed by atoms with van der Waals surface area (Å²) >= 11 is 0. The molecule has 1 aliphatic rings. The van der Waals surface area contributed by atoms with Crippen molar-refractivity contribution in [1.82, 2.24) is 5.32 Å². The molecule has 116 valence electrons. The van der Waals surface area contributed by atoms with E-state index in [4.69, 9.17) is 4.74 Å². The van der Waals surface area contributed by atoms with Gasteiger partial charge in [-0.15, -0.1) is 0 Å². The molecule has 0 heterocycles. The van der Waals surface area contributed by atoms with Crippen LogP contribution in [0.4, 0.5) is 5.69 Å². The van der Waals surface area contributed by atoms with Gasteiger partial charge >= 0.3 is 0 Å². The number of aliphatic hydroxyl groups excluding tert-OH is 1. The van der Waals surface area contributed by atoms with E-state index in [9.17, 15) is 9.90 Å². The second kappa shape index (κ2) is 8.00. The average molecular weight is 292 g/mol. The molecular formula is C16H24N2O3. The van der Waals surface area contributed by atoms with Crippen molar-refractivity contribution in [1.29, 1.82) is 0 Å². The highest BCUT2D eigenvalue weighted by atomic mass is 16.5. The molecule has 2 unspecified atom stereocenters. The summed E-state index contributed by atoms with van der Waals surface area (Å²) in [6, 6.07) is 7.27. The number of hydrogen-bond donors (Lipinski definition) is 3. The molecule has 0 spiro atoms. The van der Waals surface area contributed by atoms with Gasteiger partial charge in [0.25, 0.3) is 0 Å². The molecule has 2 rings (SSSR count). The van der Waals surface area contributed by atoms with Gasteiger partial charge < -0.3 is 20.5 Å². The smallest absolute Gasteiger partial charge is 0.238 e. The molecule has 0 aromatic heterocycles. The molecule has 2 atom stereocenters. The van der Waals surface area contributed by atoms with Gasteiger partial charge in [0.1, 0.15) is 5.75 Å². The third-order valence-corrected chi connectivity index (χ3v) is 3.91. The van der Waals surface area contributed by atoms with E-state index >= 15 is 0 Å². The number of amides is 1. The highest BCUT2D eigenvalue weighted by Gasteiger charge is 2.22. The van der Waals surface area contributed by atoms with Crippen molar-refractivity contribution in [3.63, 3.8) is 0 Å². The van der Waals surface area contributed by atoms with Crippen LogP contribution in [0.15, 0.2) is 24.3 Å². The molecular weight excluding hydrogens is 268 g/mol. The van der Waals surface area contributed by atoms with Gasteiger partial charge in [0.15, 0.2) is 0 Å². The maximum absolute atomic E-state index is 11.9. The Labute approximate surface area is 125 Å². The zero-order chi connectivity index (χ0) is 15.1. The van der Waals surface area contributed by atoms with E-state index in [0.717, 1.165) is 24.9 Å². The molecule has 0 saturated heterocycles. The third kappa shape index (κ3) is 5.02. The van der Waals surface area contributed by atoms with E-state index in [-0.39, 0.29) is 24.5 Å². The minimum atomic E-state index is -0.229. The number of ether oxygens (including phenoxy) is 1. The molecule has 1 aromatic rings. The molecule has 1 aliphatic carbocycles. The van der Waals surface area contributed by atoms with E-state index < -0.39 is 0 Å². The largest absolute Gasteiger partial charge is 0.497 e. The standard InChI is InChI=1S/C16H24N2O3/c1-21-14-7-4-6-13(9-14)18-16(20)11-17-10-12-5-2-3-8-15(12)19/h4,6-7,9,12,15,17,19H,2-3,5,8,10-11H2,1H3,(H,18,20). The molecule has 5 heteroatoms. The Hall–Kier alpha value is -1.59. The number of anilines is 1.